The fraction of sp³-hybridized carbons (Fsp3) is 0.471. The molecule has 6 heteroatoms. The van der Waals surface area contributed by atoms with Gasteiger partial charge in [0.05, 0.1) is 0 Å². The zero-order valence-electron chi connectivity index (χ0n) is 14.1. The fourth-order valence-electron chi connectivity index (χ4n) is 1.69. The Bertz CT molecular complexity index is 550. The average Bonchev–Trinajstić information content (AvgIpc) is 2.50. The molecule has 0 radical (unpaired) electrons. The van der Waals surface area contributed by atoms with Gasteiger partial charge in [0.15, 0.2) is 0 Å². The Hall–Kier alpha value is -2.37. The molecule has 0 aromatic heterocycles. The highest BCUT2D eigenvalue weighted by Gasteiger charge is 2.24. The van der Waals surface area contributed by atoms with Crippen molar-refractivity contribution in [2.75, 3.05) is 13.1 Å². The van der Waals surface area contributed by atoms with Gasteiger partial charge in [0, 0.05) is 24.1 Å². The number of rotatable bonds is 6. The second-order valence-electron chi connectivity index (χ2n) is 6.36. The molecule has 0 bridgehead atoms. The number of carbonyl (C=O) groups is 3. The minimum atomic E-state index is -0.619. The Kier molecular flexibility index (Phi) is 6.75. The molecule has 23 heavy (non-hydrogen) atoms. The van der Waals surface area contributed by atoms with E-state index in [2.05, 4.69) is 16.0 Å². The fourth-order valence-corrected chi connectivity index (χ4v) is 1.69. The van der Waals surface area contributed by atoms with E-state index in [1.807, 2.05) is 6.07 Å². The molecule has 1 unspecified atom stereocenters. The van der Waals surface area contributed by atoms with Crippen LogP contribution in [-0.4, -0.2) is 36.9 Å². The quantitative estimate of drug-likeness (QED) is 0.686. The molecule has 3 N–H and O–H groups in total. The molecule has 0 heterocycles. The van der Waals surface area contributed by atoms with Crippen LogP contribution >= 0.6 is 0 Å². The topological polar surface area (TPSA) is 87.3 Å². The molecule has 0 aliphatic carbocycles. The molecule has 6 nitrogen and oxygen atoms in total. The highest BCUT2D eigenvalue weighted by Crippen LogP contribution is 2.12. The molecule has 0 spiro atoms. The zero-order chi connectivity index (χ0) is 17.5. The van der Waals surface area contributed by atoms with Gasteiger partial charge in [-0.1, -0.05) is 39.0 Å². The monoisotopic (exact) mass is 319 g/mol. The summed E-state index contributed by atoms with van der Waals surface area (Å²) in [4.78, 5) is 35.5. The molecule has 1 rings (SSSR count). The van der Waals surface area contributed by atoms with Crippen LogP contribution in [0.15, 0.2) is 30.3 Å². The van der Waals surface area contributed by atoms with E-state index in [0.29, 0.717) is 18.7 Å². The molecule has 0 aliphatic rings. The van der Waals surface area contributed by atoms with Crippen LogP contribution in [0.2, 0.25) is 0 Å². The zero-order valence-corrected chi connectivity index (χ0v) is 14.1. The summed E-state index contributed by atoms with van der Waals surface area (Å²) in [6, 6.07) is 8.24. The van der Waals surface area contributed by atoms with Gasteiger partial charge in [0.25, 0.3) is 5.91 Å². The van der Waals surface area contributed by atoms with Crippen molar-refractivity contribution in [3.05, 3.63) is 35.9 Å². The van der Waals surface area contributed by atoms with Crippen molar-refractivity contribution < 1.29 is 14.4 Å². The summed E-state index contributed by atoms with van der Waals surface area (Å²) in [7, 11) is 0. The van der Waals surface area contributed by atoms with E-state index in [-0.39, 0.29) is 17.7 Å². The van der Waals surface area contributed by atoms with Gasteiger partial charge in [-0.05, 0) is 19.1 Å². The van der Waals surface area contributed by atoms with Crippen LogP contribution in [0.3, 0.4) is 0 Å². The van der Waals surface area contributed by atoms with Gasteiger partial charge < -0.3 is 16.0 Å². The minimum absolute atomic E-state index is 0.183. The third kappa shape index (κ3) is 6.50. The lowest BCUT2D eigenvalue weighted by atomic mass is 9.95. The SMILES string of the molecule is CC(NC(=O)C(C)(C)C)C(=O)NCCNC(=O)c1ccccc1. The second kappa shape index (κ2) is 8.31. The van der Waals surface area contributed by atoms with Crippen molar-refractivity contribution in [3.63, 3.8) is 0 Å². The molecule has 0 saturated heterocycles. The molecule has 1 atom stereocenters. The summed E-state index contributed by atoms with van der Waals surface area (Å²) in [6.07, 6.45) is 0. The minimum Gasteiger partial charge on any atom is -0.353 e. The maximum absolute atomic E-state index is 11.9. The van der Waals surface area contributed by atoms with Crippen molar-refractivity contribution in [1.29, 1.82) is 0 Å². The number of benzene rings is 1. The van der Waals surface area contributed by atoms with Crippen LogP contribution in [0.5, 0.6) is 0 Å². The summed E-state index contributed by atoms with van der Waals surface area (Å²) in [5.41, 5.74) is 0.0303. The van der Waals surface area contributed by atoms with Gasteiger partial charge in [-0.2, -0.15) is 0 Å². The van der Waals surface area contributed by atoms with Crippen LogP contribution in [0.25, 0.3) is 0 Å². The first kappa shape index (κ1) is 18.7. The third-order valence-corrected chi connectivity index (χ3v) is 3.17. The Morgan fingerprint density at radius 2 is 1.57 bits per heavy atom. The Morgan fingerprint density at radius 1 is 1.00 bits per heavy atom. The largest absolute Gasteiger partial charge is 0.353 e. The van der Waals surface area contributed by atoms with E-state index in [1.54, 1.807) is 52.0 Å². The lowest BCUT2D eigenvalue weighted by Crippen LogP contribution is -2.49. The molecule has 3 amide bonds. The van der Waals surface area contributed by atoms with Gasteiger partial charge in [-0.25, -0.2) is 0 Å². The van der Waals surface area contributed by atoms with Crippen molar-refractivity contribution >= 4 is 17.7 Å². The molecule has 126 valence electrons. The van der Waals surface area contributed by atoms with Crippen LogP contribution in [0.1, 0.15) is 38.1 Å². The first-order valence-electron chi connectivity index (χ1n) is 7.63. The highest BCUT2D eigenvalue weighted by atomic mass is 16.2. The van der Waals surface area contributed by atoms with Gasteiger partial charge in [-0.15, -0.1) is 0 Å². The van der Waals surface area contributed by atoms with Crippen molar-refractivity contribution in [1.82, 2.24) is 16.0 Å². The summed E-state index contributed by atoms with van der Waals surface area (Å²) >= 11 is 0. The highest BCUT2D eigenvalue weighted by molar-refractivity contribution is 5.94. The molecule has 0 saturated carbocycles. The molecule has 1 aromatic rings. The maximum Gasteiger partial charge on any atom is 0.251 e. The van der Waals surface area contributed by atoms with Crippen molar-refractivity contribution in [2.24, 2.45) is 5.41 Å². The van der Waals surface area contributed by atoms with E-state index in [1.165, 1.54) is 0 Å². The predicted molar refractivity (Wildman–Crippen MR) is 88.8 cm³/mol. The first-order chi connectivity index (χ1) is 10.7. The lowest BCUT2D eigenvalue weighted by molar-refractivity contribution is -0.133. The number of hydrogen-bond donors (Lipinski definition) is 3. The van der Waals surface area contributed by atoms with Crippen LogP contribution in [0.4, 0.5) is 0 Å². The Balaban J connectivity index is 2.29. The number of nitrogens with one attached hydrogen (secondary N) is 3. The van der Waals surface area contributed by atoms with E-state index in [9.17, 15) is 14.4 Å². The smallest absolute Gasteiger partial charge is 0.251 e. The molecule has 1 aromatic carbocycles. The normalized spacial score (nSPS) is 12.2. The molecule has 0 aliphatic heterocycles. The summed E-state index contributed by atoms with van der Waals surface area (Å²) in [5.74, 6) is -0.650. The van der Waals surface area contributed by atoms with Crippen LogP contribution in [-0.2, 0) is 9.59 Å². The average molecular weight is 319 g/mol. The molecule has 0 fully saturated rings. The number of amides is 3. The van der Waals surface area contributed by atoms with Gasteiger partial charge in [0.2, 0.25) is 11.8 Å². The van der Waals surface area contributed by atoms with E-state index < -0.39 is 11.5 Å². The van der Waals surface area contributed by atoms with Crippen molar-refractivity contribution in [3.8, 4) is 0 Å². The number of carbonyl (C=O) groups excluding carboxylic acids is 3. The number of hydrogen-bond acceptors (Lipinski definition) is 3. The Morgan fingerprint density at radius 3 is 2.13 bits per heavy atom. The van der Waals surface area contributed by atoms with Gasteiger partial charge in [-0.3, -0.25) is 14.4 Å². The Labute approximate surface area is 137 Å². The summed E-state index contributed by atoms with van der Waals surface area (Å²) < 4.78 is 0. The third-order valence-electron chi connectivity index (χ3n) is 3.17. The molecular weight excluding hydrogens is 294 g/mol. The van der Waals surface area contributed by atoms with Gasteiger partial charge in [0.1, 0.15) is 6.04 Å². The molecular formula is C17H25N3O3. The van der Waals surface area contributed by atoms with Crippen LogP contribution in [0, 0.1) is 5.41 Å². The van der Waals surface area contributed by atoms with E-state index in [0.717, 1.165) is 0 Å². The van der Waals surface area contributed by atoms with Gasteiger partial charge >= 0.3 is 0 Å². The maximum atomic E-state index is 11.9. The predicted octanol–water partition coefficient (Wildman–Crippen LogP) is 1.08. The van der Waals surface area contributed by atoms with E-state index >= 15 is 0 Å². The summed E-state index contributed by atoms with van der Waals surface area (Å²) in [5, 5.41) is 8.05. The van der Waals surface area contributed by atoms with Crippen molar-refractivity contribution in [2.45, 2.75) is 33.7 Å². The van der Waals surface area contributed by atoms with E-state index in [4.69, 9.17) is 0 Å². The van der Waals surface area contributed by atoms with Crippen LogP contribution < -0.4 is 16.0 Å². The lowest BCUT2D eigenvalue weighted by Gasteiger charge is -2.21. The second-order valence-corrected chi connectivity index (χ2v) is 6.36. The summed E-state index contributed by atoms with van der Waals surface area (Å²) in [6.45, 7) is 7.60. The first-order valence-corrected chi connectivity index (χ1v) is 7.63. The standard InChI is InChI=1S/C17H25N3O3/c1-12(20-16(23)17(2,3)4)14(21)18-10-11-19-15(22)13-8-6-5-7-9-13/h5-9,12H,10-11H2,1-4H3,(H,18,21)(H,19,22)(H,20,23).